The van der Waals surface area contributed by atoms with Crippen LogP contribution in [0.15, 0.2) is 46.8 Å². The maximum atomic E-state index is 13.6. The summed E-state index contributed by atoms with van der Waals surface area (Å²) in [5, 5.41) is 3.25. The third-order valence-corrected chi connectivity index (χ3v) is 5.98. The molecule has 0 radical (unpaired) electrons. The van der Waals surface area contributed by atoms with Crippen LogP contribution < -0.4 is 5.32 Å². The third kappa shape index (κ3) is 4.28. The van der Waals surface area contributed by atoms with Gasteiger partial charge in [0, 0.05) is 30.0 Å². The molecule has 1 heterocycles. The van der Waals surface area contributed by atoms with Crippen LogP contribution in [0.25, 0.3) is 0 Å². The first kappa shape index (κ1) is 22.7. The lowest BCUT2D eigenvalue weighted by atomic mass is 9.68. The van der Waals surface area contributed by atoms with Crippen LogP contribution >= 0.6 is 0 Å². The summed E-state index contributed by atoms with van der Waals surface area (Å²) in [5.74, 6) is -3.12. The maximum absolute atomic E-state index is 13.6. The number of dihydropyridines is 1. The number of hydrogen-bond donors (Lipinski definition) is 1. The molecule has 166 valence electrons. The number of carbonyl (C=O) groups is 3. The molecule has 0 saturated carbocycles. The zero-order valence-corrected chi connectivity index (χ0v) is 18.6. The molecule has 1 aliphatic carbocycles. The van der Waals surface area contributed by atoms with Crippen molar-refractivity contribution in [1.29, 1.82) is 0 Å². The summed E-state index contributed by atoms with van der Waals surface area (Å²) in [5.41, 5.74) is 3.98. The van der Waals surface area contributed by atoms with E-state index in [0.29, 0.717) is 23.3 Å². The first-order chi connectivity index (χ1) is 14.8. The second kappa shape index (κ2) is 9.47. The molecule has 0 amide bonds. The van der Waals surface area contributed by atoms with Gasteiger partial charge in [-0.05, 0) is 37.3 Å². The van der Waals surface area contributed by atoms with Gasteiger partial charge in [-0.3, -0.25) is 9.59 Å². The molecular formula is C24H29NO6. The number of esters is 2. The lowest BCUT2D eigenvalue weighted by molar-refractivity contribution is -0.151. The van der Waals surface area contributed by atoms with E-state index in [-0.39, 0.29) is 24.9 Å². The van der Waals surface area contributed by atoms with Crippen LogP contribution in [0.1, 0.15) is 37.3 Å². The van der Waals surface area contributed by atoms with Gasteiger partial charge in [-0.1, -0.05) is 31.2 Å². The summed E-state index contributed by atoms with van der Waals surface area (Å²) in [7, 11) is 2.81. The van der Waals surface area contributed by atoms with Crippen molar-refractivity contribution in [1.82, 2.24) is 5.32 Å². The van der Waals surface area contributed by atoms with Crippen LogP contribution in [0, 0.1) is 18.8 Å². The molecule has 3 rings (SSSR count). The first-order valence-electron chi connectivity index (χ1n) is 10.4. The van der Waals surface area contributed by atoms with Gasteiger partial charge >= 0.3 is 11.9 Å². The molecule has 1 aliphatic heterocycles. The summed E-state index contributed by atoms with van der Waals surface area (Å²) >= 11 is 0. The van der Waals surface area contributed by atoms with Gasteiger partial charge in [0.05, 0.1) is 19.3 Å². The maximum Gasteiger partial charge on any atom is 0.336 e. The first-order valence-corrected chi connectivity index (χ1v) is 10.4. The van der Waals surface area contributed by atoms with Crippen molar-refractivity contribution in [3.8, 4) is 0 Å². The molecule has 1 aromatic rings. The zero-order valence-electron chi connectivity index (χ0n) is 18.6. The Labute approximate surface area is 182 Å². The Bertz CT molecular complexity index is 961. The van der Waals surface area contributed by atoms with E-state index >= 15 is 0 Å². The lowest BCUT2D eigenvalue weighted by Crippen LogP contribution is -2.43. The molecule has 0 saturated heterocycles. The smallest absolute Gasteiger partial charge is 0.336 e. The van der Waals surface area contributed by atoms with E-state index in [2.05, 4.69) is 5.32 Å². The highest BCUT2D eigenvalue weighted by Crippen LogP contribution is 2.46. The van der Waals surface area contributed by atoms with Crippen molar-refractivity contribution >= 4 is 17.7 Å². The molecule has 0 fully saturated rings. The lowest BCUT2D eigenvalue weighted by Gasteiger charge is -2.38. The minimum atomic E-state index is -0.902. The van der Waals surface area contributed by atoms with Gasteiger partial charge in [0.1, 0.15) is 12.5 Å². The number of carbonyl (C=O) groups excluding carboxylic acids is 3. The van der Waals surface area contributed by atoms with E-state index in [1.807, 2.05) is 45.0 Å². The highest BCUT2D eigenvalue weighted by Gasteiger charge is 2.47. The molecule has 1 N–H and O–H groups in total. The van der Waals surface area contributed by atoms with Crippen molar-refractivity contribution < 1.29 is 28.6 Å². The van der Waals surface area contributed by atoms with Gasteiger partial charge in [-0.15, -0.1) is 0 Å². The number of Topliss-reactive ketones (excluding diaryl/α,β-unsaturated/α-hetero) is 1. The molecule has 0 spiro atoms. The normalized spacial score (nSPS) is 23.3. The number of aryl methyl sites for hydroxylation is 1. The molecule has 0 unspecified atom stereocenters. The van der Waals surface area contributed by atoms with Gasteiger partial charge in [0.2, 0.25) is 0 Å². The average Bonchev–Trinajstić information content (AvgIpc) is 2.73. The van der Waals surface area contributed by atoms with Crippen molar-refractivity contribution in [2.45, 2.75) is 33.1 Å². The minimum absolute atomic E-state index is 0.105. The van der Waals surface area contributed by atoms with Crippen molar-refractivity contribution in [3.05, 3.63) is 57.9 Å². The van der Waals surface area contributed by atoms with Gasteiger partial charge < -0.3 is 19.5 Å². The van der Waals surface area contributed by atoms with Crippen molar-refractivity contribution in [2.75, 3.05) is 27.4 Å². The highest BCUT2D eigenvalue weighted by molar-refractivity contribution is 6.12. The predicted octanol–water partition coefficient (Wildman–Crippen LogP) is 2.80. The summed E-state index contributed by atoms with van der Waals surface area (Å²) in [4.78, 5) is 39.1. The SMILES string of the molecule is COCCOC(=O)C1=C(C)NC2=C(C(=O)[C@H](C(=O)OC)[C@@H](C)C2)[C@H]1c1ccccc1C. The monoisotopic (exact) mass is 427 g/mol. The Kier molecular flexibility index (Phi) is 6.95. The van der Waals surface area contributed by atoms with E-state index < -0.39 is 23.8 Å². The van der Waals surface area contributed by atoms with E-state index in [0.717, 1.165) is 16.8 Å². The molecule has 0 aromatic heterocycles. The molecule has 0 bridgehead atoms. The number of nitrogens with one attached hydrogen (secondary N) is 1. The fraction of sp³-hybridized carbons (Fsp3) is 0.458. The van der Waals surface area contributed by atoms with Gasteiger partial charge in [0.15, 0.2) is 5.78 Å². The van der Waals surface area contributed by atoms with Crippen LogP contribution in [0.5, 0.6) is 0 Å². The van der Waals surface area contributed by atoms with E-state index in [9.17, 15) is 14.4 Å². The molecular weight excluding hydrogens is 398 g/mol. The van der Waals surface area contributed by atoms with Crippen LogP contribution in [-0.4, -0.2) is 45.2 Å². The topological polar surface area (TPSA) is 90.9 Å². The molecule has 2 aliphatic rings. The Morgan fingerprint density at radius 3 is 2.48 bits per heavy atom. The minimum Gasteiger partial charge on any atom is -0.468 e. The summed E-state index contributed by atoms with van der Waals surface area (Å²) in [6, 6.07) is 7.63. The number of methoxy groups -OCH3 is 2. The number of hydrogen-bond acceptors (Lipinski definition) is 7. The van der Waals surface area contributed by atoms with Gasteiger partial charge in [-0.25, -0.2) is 4.79 Å². The summed E-state index contributed by atoms with van der Waals surface area (Å²) < 4.78 is 15.3. The van der Waals surface area contributed by atoms with Crippen molar-refractivity contribution in [3.63, 3.8) is 0 Å². The molecule has 7 heteroatoms. The van der Waals surface area contributed by atoms with E-state index in [4.69, 9.17) is 14.2 Å². The number of allylic oxidation sites excluding steroid dienone is 3. The number of rotatable bonds is 6. The van der Waals surface area contributed by atoms with Crippen molar-refractivity contribution in [2.24, 2.45) is 11.8 Å². The number of ketones is 1. The van der Waals surface area contributed by atoms with E-state index in [1.54, 1.807) is 0 Å². The fourth-order valence-corrected chi connectivity index (χ4v) is 4.47. The largest absolute Gasteiger partial charge is 0.468 e. The van der Waals surface area contributed by atoms with Gasteiger partial charge in [-0.2, -0.15) is 0 Å². The number of ether oxygens (including phenoxy) is 3. The van der Waals surface area contributed by atoms with Crippen LogP contribution in [0.3, 0.4) is 0 Å². The molecule has 7 nitrogen and oxygen atoms in total. The Morgan fingerprint density at radius 1 is 1.13 bits per heavy atom. The van der Waals surface area contributed by atoms with Crippen LogP contribution in [-0.2, 0) is 28.6 Å². The van der Waals surface area contributed by atoms with Crippen LogP contribution in [0.2, 0.25) is 0 Å². The Morgan fingerprint density at radius 2 is 1.84 bits per heavy atom. The predicted molar refractivity (Wildman–Crippen MR) is 114 cm³/mol. The number of benzene rings is 1. The molecule has 1 aromatic carbocycles. The highest BCUT2D eigenvalue weighted by atomic mass is 16.6. The van der Waals surface area contributed by atoms with Crippen LogP contribution in [0.4, 0.5) is 0 Å². The third-order valence-electron chi connectivity index (χ3n) is 5.98. The fourth-order valence-electron chi connectivity index (χ4n) is 4.47. The Hall–Kier alpha value is -2.93. The second-order valence-corrected chi connectivity index (χ2v) is 8.02. The standard InChI is InChI=1S/C24H29NO6/c1-13-8-6-7-9-16(13)20-19(24(28)31-11-10-29-4)15(3)25-17-12-14(2)18(23(27)30-5)22(26)21(17)20/h6-9,14,18,20,25H,10-12H2,1-5H3/t14-,18+,20-/m0/s1. The summed E-state index contributed by atoms with van der Waals surface area (Å²) in [6.07, 6.45) is 0.507. The average molecular weight is 427 g/mol. The van der Waals surface area contributed by atoms with Gasteiger partial charge in [0.25, 0.3) is 0 Å². The zero-order chi connectivity index (χ0) is 22.7. The quantitative estimate of drug-likeness (QED) is 0.424. The molecule has 31 heavy (non-hydrogen) atoms. The summed E-state index contributed by atoms with van der Waals surface area (Å²) in [6.45, 7) is 5.99. The second-order valence-electron chi connectivity index (χ2n) is 8.02. The Balaban J connectivity index is 2.14. The van der Waals surface area contributed by atoms with E-state index in [1.165, 1.54) is 14.2 Å². The molecule has 3 atom stereocenters.